The molecule has 1 saturated carbocycles. The lowest BCUT2D eigenvalue weighted by molar-refractivity contribution is 0.0930. The van der Waals surface area contributed by atoms with E-state index >= 15 is 0 Å². The van der Waals surface area contributed by atoms with Gasteiger partial charge >= 0.3 is 0 Å². The number of rotatable bonds is 9. The molecule has 4 aromatic rings. The fourth-order valence-electron chi connectivity index (χ4n) is 5.99. The quantitative estimate of drug-likeness (QED) is 0.266. The topological polar surface area (TPSA) is 66.5 Å². The van der Waals surface area contributed by atoms with Crippen LogP contribution in [0.4, 0.5) is 0 Å². The summed E-state index contributed by atoms with van der Waals surface area (Å²) in [5.41, 5.74) is 4.55. The maximum Gasteiger partial charge on any atom is 0.252 e. The van der Waals surface area contributed by atoms with E-state index in [9.17, 15) is 4.79 Å². The smallest absolute Gasteiger partial charge is 0.252 e. The Hall–Kier alpha value is -3.26. The molecule has 0 bridgehead atoms. The Balaban J connectivity index is 1.16. The molecule has 0 spiro atoms. The van der Waals surface area contributed by atoms with Crippen LogP contribution in [0.3, 0.4) is 0 Å². The number of aryl methyl sites for hydroxylation is 1. The van der Waals surface area contributed by atoms with E-state index in [4.69, 9.17) is 9.72 Å². The van der Waals surface area contributed by atoms with Gasteiger partial charge < -0.3 is 15.4 Å². The average Bonchev–Trinajstić information content (AvgIpc) is 3.30. The number of aromatic nitrogens is 1. The van der Waals surface area contributed by atoms with E-state index in [1.54, 1.807) is 0 Å². The van der Waals surface area contributed by atoms with Crippen LogP contribution in [0.25, 0.3) is 21.3 Å². The molecule has 1 aliphatic carbocycles. The van der Waals surface area contributed by atoms with Crippen molar-refractivity contribution in [2.45, 2.75) is 57.2 Å². The summed E-state index contributed by atoms with van der Waals surface area (Å²) in [6.45, 7) is 7.10. The summed E-state index contributed by atoms with van der Waals surface area (Å²) in [6, 6.07) is 19.4. The SMILES string of the molecule is Cc1ccc(OC[C@@H]2CCN2)cc1C(=O)NC1(c2cc(-c3ccc(CN4CCCC4)s3)cc3ncccc23)CC1. The zero-order chi connectivity index (χ0) is 27.1. The van der Waals surface area contributed by atoms with E-state index in [2.05, 4.69) is 45.9 Å². The van der Waals surface area contributed by atoms with Gasteiger partial charge in [-0.3, -0.25) is 14.7 Å². The van der Waals surface area contributed by atoms with Gasteiger partial charge in [0.25, 0.3) is 5.91 Å². The van der Waals surface area contributed by atoms with Gasteiger partial charge in [0, 0.05) is 39.5 Å². The number of hydrogen-bond donors (Lipinski definition) is 2. The number of amides is 1. The molecule has 40 heavy (non-hydrogen) atoms. The molecule has 2 saturated heterocycles. The Morgan fingerprint density at radius 3 is 2.77 bits per heavy atom. The van der Waals surface area contributed by atoms with Gasteiger partial charge in [0.05, 0.1) is 11.1 Å². The van der Waals surface area contributed by atoms with Gasteiger partial charge in [0.1, 0.15) is 12.4 Å². The maximum atomic E-state index is 13.7. The molecule has 1 atom stereocenters. The first-order valence-electron chi connectivity index (χ1n) is 14.6. The summed E-state index contributed by atoms with van der Waals surface area (Å²) in [4.78, 5) is 23.6. The van der Waals surface area contributed by atoms with E-state index in [1.165, 1.54) is 41.2 Å². The second kappa shape index (κ2) is 10.6. The van der Waals surface area contributed by atoms with Crippen LogP contribution in [0.1, 0.15) is 58.5 Å². The summed E-state index contributed by atoms with van der Waals surface area (Å²) >= 11 is 1.87. The molecule has 2 aromatic heterocycles. The molecular formula is C33H36N4O2S. The van der Waals surface area contributed by atoms with Crippen LogP contribution in [0.2, 0.25) is 0 Å². The Morgan fingerprint density at radius 1 is 1.15 bits per heavy atom. The fraction of sp³-hybridized carbons (Fsp3) is 0.394. The Morgan fingerprint density at radius 2 is 2.00 bits per heavy atom. The van der Waals surface area contributed by atoms with Gasteiger partial charge in [-0.15, -0.1) is 11.3 Å². The predicted octanol–water partition coefficient (Wildman–Crippen LogP) is 6.03. The zero-order valence-electron chi connectivity index (χ0n) is 23.0. The highest BCUT2D eigenvalue weighted by Crippen LogP contribution is 2.49. The van der Waals surface area contributed by atoms with Gasteiger partial charge in [-0.05, 0) is 118 Å². The number of benzene rings is 2. The molecule has 7 rings (SSSR count). The van der Waals surface area contributed by atoms with Crippen LogP contribution in [-0.2, 0) is 12.1 Å². The monoisotopic (exact) mass is 552 g/mol. The van der Waals surface area contributed by atoms with Crippen molar-refractivity contribution < 1.29 is 9.53 Å². The van der Waals surface area contributed by atoms with Crippen LogP contribution in [0.15, 0.2) is 60.8 Å². The van der Waals surface area contributed by atoms with Crippen molar-refractivity contribution >= 4 is 28.1 Å². The van der Waals surface area contributed by atoms with Crippen molar-refractivity contribution in [3.05, 3.63) is 82.4 Å². The van der Waals surface area contributed by atoms with Gasteiger partial charge in [-0.2, -0.15) is 0 Å². The number of hydrogen-bond acceptors (Lipinski definition) is 6. The maximum absolute atomic E-state index is 13.7. The standard InChI is InChI=1S/C33H36N4O2S/c1-22-6-7-25(39-21-24-10-14-34-24)19-28(22)32(38)36-33(11-12-33)29-17-23(18-30-27(29)5-4-13-35-30)31-9-8-26(40-31)20-37-15-2-3-16-37/h4-9,13,17-19,24,34H,2-3,10-12,14-16,20-21H2,1H3,(H,36,38)/t24-/m0/s1. The van der Waals surface area contributed by atoms with Crippen molar-refractivity contribution in [1.82, 2.24) is 20.5 Å². The minimum absolute atomic E-state index is 0.0475. The lowest BCUT2D eigenvalue weighted by Gasteiger charge is -2.27. The van der Waals surface area contributed by atoms with Crippen LogP contribution in [-0.4, -0.2) is 48.1 Å². The highest BCUT2D eigenvalue weighted by atomic mass is 32.1. The fourth-order valence-corrected chi connectivity index (χ4v) is 7.03. The Kier molecular flexibility index (Phi) is 6.82. The summed E-state index contributed by atoms with van der Waals surface area (Å²) in [5, 5.41) is 7.91. The summed E-state index contributed by atoms with van der Waals surface area (Å²) in [5.74, 6) is 0.696. The van der Waals surface area contributed by atoms with Crippen molar-refractivity contribution in [3.8, 4) is 16.2 Å². The number of likely N-dealkylation sites (tertiary alicyclic amines) is 1. The Labute approximate surface area is 239 Å². The van der Waals surface area contributed by atoms with Gasteiger partial charge in [-0.25, -0.2) is 0 Å². The van der Waals surface area contributed by atoms with Gasteiger partial charge in [-0.1, -0.05) is 12.1 Å². The highest BCUT2D eigenvalue weighted by molar-refractivity contribution is 7.15. The first-order chi connectivity index (χ1) is 19.6. The minimum atomic E-state index is -0.386. The summed E-state index contributed by atoms with van der Waals surface area (Å²) < 4.78 is 6.00. The van der Waals surface area contributed by atoms with Crippen LogP contribution in [0.5, 0.6) is 5.75 Å². The highest BCUT2D eigenvalue weighted by Gasteiger charge is 2.47. The molecule has 2 aromatic carbocycles. The third-order valence-electron chi connectivity index (χ3n) is 8.69. The number of pyridine rings is 1. The molecule has 6 nitrogen and oxygen atoms in total. The molecule has 2 aliphatic heterocycles. The minimum Gasteiger partial charge on any atom is -0.492 e. The van der Waals surface area contributed by atoms with Crippen LogP contribution >= 0.6 is 11.3 Å². The molecule has 3 aliphatic rings. The molecule has 4 heterocycles. The number of fused-ring (bicyclic) bond motifs is 1. The number of ether oxygens (including phenoxy) is 1. The van der Waals surface area contributed by atoms with E-state index in [0.29, 0.717) is 18.2 Å². The predicted molar refractivity (Wildman–Crippen MR) is 161 cm³/mol. The van der Waals surface area contributed by atoms with Crippen molar-refractivity contribution in [2.75, 3.05) is 26.2 Å². The second-order valence-electron chi connectivity index (χ2n) is 11.6. The van der Waals surface area contributed by atoms with Gasteiger partial charge in [0.15, 0.2) is 0 Å². The molecule has 0 radical (unpaired) electrons. The molecule has 3 fully saturated rings. The zero-order valence-corrected chi connectivity index (χ0v) is 23.9. The number of carbonyl (C=O) groups is 1. The largest absolute Gasteiger partial charge is 0.492 e. The number of nitrogens with one attached hydrogen (secondary N) is 2. The lowest BCUT2D eigenvalue weighted by atomic mass is 9.95. The molecular weight excluding hydrogens is 516 g/mol. The van der Waals surface area contributed by atoms with Crippen molar-refractivity contribution in [2.24, 2.45) is 0 Å². The van der Waals surface area contributed by atoms with Crippen molar-refractivity contribution in [1.29, 1.82) is 0 Å². The number of thiophene rings is 1. The Bertz CT molecular complexity index is 1550. The molecule has 0 unspecified atom stereocenters. The van der Waals surface area contributed by atoms with E-state index in [1.807, 2.05) is 48.7 Å². The first-order valence-corrected chi connectivity index (χ1v) is 15.4. The number of carbonyl (C=O) groups excluding carboxylic acids is 1. The molecule has 7 heteroatoms. The first kappa shape index (κ1) is 25.7. The normalized spacial score (nSPS) is 19.9. The average molecular weight is 553 g/mol. The lowest BCUT2D eigenvalue weighted by Crippen LogP contribution is -2.46. The molecule has 1 amide bonds. The molecule has 2 N–H and O–H groups in total. The van der Waals surface area contributed by atoms with E-state index in [0.717, 1.165) is 60.1 Å². The van der Waals surface area contributed by atoms with Crippen molar-refractivity contribution in [3.63, 3.8) is 0 Å². The summed E-state index contributed by atoms with van der Waals surface area (Å²) in [7, 11) is 0. The van der Waals surface area contributed by atoms with Gasteiger partial charge in [0.2, 0.25) is 0 Å². The van der Waals surface area contributed by atoms with E-state index in [-0.39, 0.29) is 11.4 Å². The number of nitrogens with zero attached hydrogens (tertiary/aromatic N) is 2. The second-order valence-corrected chi connectivity index (χ2v) is 12.8. The molecule has 206 valence electrons. The summed E-state index contributed by atoms with van der Waals surface area (Å²) in [6.07, 6.45) is 7.43. The third kappa shape index (κ3) is 5.14. The van der Waals surface area contributed by atoms with Crippen LogP contribution < -0.4 is 15.4 Å². The van der Waals surface area contributed by atoms with Crippen LogP contribution in [0, 0.1) is 6.92 Å². The van der Waals surface area contributed by atoms with E-state index < -0.39 is 0 Å². The third-order valence-corrected chi connectivity index (χ3v) is 9.81.